The Hall–Kier alpha value is -0.490. The molecule has 0 unspecified atom stereocenters. The molecule has 58 valence electrons. The van der Waals surface area contributed by atoms with Gasteiger partial charge in [0, 0.05) is 0 Å². The van der Waals surface area contributed by atoms with Crippen LogP contribution < -0.4 is 5.73 Å². The zero-order valence-corrected chi connectivity index (χ0v) is 8.39. The molecule has 0 bridgehead atoms. The van der Waals surface area contributed by atoms with Crippen molar-refractivity contribution in [2.24, 2.45) is 0 Å². The first-order chi connectivity index (χ1) is 5.15. The Bertz CT molecular complexity index is 279. The third-order valence-corrected chi connectivity index (χ3v) is 2.20. The summed E-state index contributed by atoms with van der Waals surface area (Å²) in [6, 6.07) is 0. The molecule has 0 amide bonds. The van der Waals surface area contributed by atoms with Crippen LogP contribution in [0.25, 0.3) is 0 Å². The molecule has 1 heterocycles. The normalized spacial score (nSPS) is 9.64. The van der Waals surface area contributed by atoms with Gasteiger partial charge in [0.15, 0.2) is 6.29 Å². The molecule has 0 spiro atoms. The van der Waals surface area contributed by atoms with E-state index in [-0.39, 0.29) is 5.95 Å². The van der Waals surface area contributed by atoms with E-state index in [1.807, 2.05) is 0 Å². The molecule has 0 fully saturated rings. The van der Waals surface area contributed by atoms with Gasteiger partial charge in [-0.25, -0.2) is 9.97 Å². The molecule has 0 aliphatic heterocycles. The molecule has 0 aliphatic carbocycles. The van der Waals surface area contributed by atoms with E-state index < -0.39 is 0 Å². The molecular formula is C5H3Br2N3O. The summed E-state index contributed by atoms with van der Waals surface area (Å²) in [5.74, 6) is 0.120. The van der Waals surface area contributed by atoms with Gasteiger partial charge in [0.1, 0.15) is 9.21 Å². The minimum absolute atomic E-state index is 0.120. The lowest BCUT2D eigenvalue weighted by molar-refractivity contribution is 0.112. The van der Waals surface area contributed by atoms with Crippen molar-refractivity contribution in [2.45, 2.75) is 0 Å². The fourth-order valence-electron chi connectivity index (χ4n) is 0.529. The number of aldehydes is 1. The number of nitrogen functional groups attached to an aromatic ring is 1. The van der Waals surface area contributed by atoms with Crippen molar-refractivity contribution in [1.82, 2.24) is 9.97 Å². The second-order valence-electron chi connectivity index (χ2n) is 1.69. The van der Waals surface area contributed by atoms with E-state index >= 15 is 0 Å². The van der Waals surface area contributed by atoms with Crippen molar-refractivity contribution in [3.05, 3.63) is 14.8 Å². The largest absolute Gasteiger partial charge is 0.368 e. The first-order valence-corrected chi connectivity index (χ1v) is 4.17. The monoisotopic (exact) mass is 279 g/mol. The minimum Gasteiger partial charge on any atom is -0.368 e. The number of anilines is 1. The Balaban J connectivity index is 3.36. The molecule has 0 saturated carbocycles. The third-order valence-electron chi connectivity index (χ3n) is 0.988. The summed E-state index contributed by atoms with van der Waals surface area (Å²) in [7, 11) is 0. The first kappa shape index (κ1) is 8.61. The molecule has 0 saturated heterocycles. The zero-order chi connectivity index (χ0) is 8.43. The lowest BCUT2D eigenvalue weighted by Gasteiger charge is -1.98. The molecule has 6 heteroatoms. The number of nitrogens with zero attached hydrogens (tertiary/aromatic N) is 2. The van der Waals surface area contributed by atoms with Crippen molar-refractivity contribution in [3.63, 3.8) is 0 Å². The van der Waals surface area contributed by atoms with Gasteiger partial charge in [0.2, 0.25) is 5.95 Å². The van der Waals surface area contributed by atoms with Crippen molar-refractivity contribution in [1.29, 1.82) is 0 Å². The number of rotatable bonds is 1. The van der Waals surface area contributed by atoms with Crippen LogP contribution in [0.15, 0.2) is 9.21 Å². The molecule has 4 nitrogen and oxygen atoms in total. The second kappa shape index (κ2) is 3.27. The highest BCUT2D eigenvalue weighted by molar-refractivity contribution is 9.11. The molecular weight excluding hydrogens is 278 g/mol. The molecule has 2 N–H and O–H groups in total. The van der Waals surface area contributed by atoms with Crippen molar-refractivity contribution in [3.8, 4) is 0 Å². The number of nitrogens with two attached hydrogens (primary N) is 1. The summed E-state index contributed by atoms with van der Waals surface area (Å²) in [6.45, 7) is 0. The van der Waals surface area contributed by atoms with Crippen LogP contribution in [-0.2, 0) is 0 Å². The van der Waals surface area contributed by atoms with E-state index in [0.29, 0.717) is 21.1 Å². The minimum atomic E-state index is 0.120. The molecule has 11 heavy (non-hydrogen) atoms. The Morgan fingerprint density at radius 2 is 1.73 bits per heavy atom. The molecule has 0 aromatic carbocycles. The number of aromatic nitrogens is 2. The Morgan fingerprint density at radius 3 is 2.09 bits per heavy atom. The Kier molecular flexibility index (Phi) is 2.56. The topological polar surface area (TPSA) is 68.9 Å². The lowest BCUT2D eigenvalue weighted by atomic mass is 10.4. The van der Waals surface area contributed by atoms with E-state index in [1.54, 1.807) is 0 Å². The van der Waals surface area contributed by atoms with Crippen LogP contribution in [0.2, 0.25) is 0 Å². The quantitative estimate of drug-likeness (QED) is 0.624. The number of halogens is 2. The van der Waals surface area contributed by atoms with Crippen molar-refractivity contribution < 1.29 is 4.79 Å². The summed E-state index contributed by atoms with van der Waals surface area (Å²) >= 11 is 6.13. The Labute approximate surface area is 79.5 Å². The number of hydrogen-bond acceptors (Lipinski definition) is 4. The van der Waals surface area contributed by atoms with Crippen LogP contribution >= 0.6 is 31.9 Å². The summed E-state index contributed by atoms with van der Waals surface area (Å²) in [5.41, 5.74) is 5.65. The van der Waals surface area contributed by atoms with E-state index in [1.165, 1.54) is 0 Å². The fourth-order valence-corrected chi connectivity index (χ4v) is 1.72. The zero-order valence-electron chi connectivity index (χ0n) is 5.21. The maximum Gasteiger partial charge on any atom is 0.222 e. The van der Waals surface area contributed by atoms with E-state index in [4.69, 9.17) is 5.73 Å². The van der Waals surface area contributed by atoms with Crippen LogP contribution in [0, 0.1) is 0 Å². The van der Waals surface area contributed by atoms with Crippen molar-refractivity contribution >= 4 is 44.1 Å². The lowest BCUT2D eigenvalue weighted by Crippen LogP contribution is -1.99. The maximum absolute atomic E-state index is 10.4. The average Bonchev–Trinajstić information content (AvgIpc) is 1.85. The smallest absolute Gasteiger partial charge is 0.222 e. The molecule has 0 radical (unpaired) electrons. The highest BCUT2D eigenvalue weighted by Gasteiger charge is 2.07. The number of carbonyl (C=O) groups is 1. The van der Waals surface area contributed by atoms with Crippen molar-refractivity contribution in [2.75, 3.05) is 5.73 Å². The number of carbonyl (C=O) groups excluding carboxylic acids is 1. The first-order valence-electron chi connectivity index (χ1n) is 2.59. The van der Waals surface area contributed by atoms with Crippen LogP contribution in [0.4, 0.5) is 5.95 Å². The van der Waals surface area contributed by atoms with Gasteiger partial charge in [-0.2, -0.15) is 0 Å². The molecule has 1 aromatic heterocycles. The number of hydrogen-bond donors (Lipinski definition) is 1. The Morgan fingerprint density at radius 1 is 1.27 bits per heavy atom. The fraction of sp³-hybridized carbons (Fsp3) is 0. The predicted octanol–water partition coefficient (Wildman–Crippen LogP) is 1.40. The van der Waals surface area contributed by atoms with E-state index in [2.05, 4.69) is 41.8 Å². The van der Waals surface area contributed by atoms with Gasteiger partial charge in [0.05, 0.1) is 5.56 Å². The standard InChI is InChI=1S/C5H3Br2N3O/c6-3-2(1-11)4(7)10-5(8)9-3/h1H,(H2,8,9,10). The second-order valence-corrected chi connectivity index (χ2v) is 3.20. The average molecular weight is 281 g/mol. The van der Waals surface area contributed by atoms with Gasteiger partial charge in [-0.05, 0) is 31.9 Å². The SMILES string of the molecule is Nc1nc(Br)c(C=O)c(Br)n1. The van der Waals surface area contributed by atoms with Gasteiger partial charge in [-0.15, -0.1) is 0 Å². The summed E-state index contributed by atoms with van der Waals surface area (Å²) in [5, 5.41) is 0. The predicted molar refractivity (Wildman–Crippen MR) is 47.2 cm³/mol. The van der Waals surface area contributed by atoms with Gasteiger partial charge in [-0.3, -0.25) is 4.79 Å². The molecule has 1 aromatic rings. The maximum atomic E-state index is 10.4. The van der Waals surface area contributed by atoms with Crippen LogP contribution in [0.3, 0.4) is 0 Å². The summed E-state index contributed by atoms with van der Waals surface area (Å²) in [4.78, 5) is 17.8. The van der Waals surface area contributed by atoms with E-state index in [9.17, 15) is 4.79 Å². The highest BCUT2D eigenvalue weighted by atomic mass is 79.9. The van der Waals surface area contributed by atoms with Gasteiger partial charge in [0.25, 0.3) is 0 Å². The van der Waals surface area contributed by atoms with E-state index in [0.717, 1.165) is 0 Å². The van der Waals surface area contributed by atoms with Gasteiger partial charge in [-0.1, -0.05) is 0 Å². The molecule has 0 aliphatic rings. The van der Waals surface area contributed by atoms with Crippen LogP contribution in [0.5, 0.6) is 0 Å². The van der Waals surface area contributed by atoms with Gasteiger partial charge < -0.3 is 5.73 Å². The van der Waals surface area contributed by atoms with Gasteiger partial charge >= 0.3 is 0 Å². The summed E-state index contributed by atoms with van der Waals surface area (Å²) in [6.07, 6.45) is 0.646. The molecule has 0 atom stereocenters. The molecule has 1 rings (SSSR count). The third kappa shape index (κ3) is 1.75. The highest BCUT2D eigenvalue weighted by Crippen LogP contribution is 2.20. The summed E-state index contributed by atoms with van der Waals surface area (Å²) < 4.78 is 0.791. The van der Waals surface area contributed by atoms with Crippen LogP contribution in [0.1, 0.15) is 10.4 Å². The van der Waals surface area contributed by atoms with Crippen LogP contribution in [-0.4, -0.2) is 16.3 Å².